The second kappa shape index (κ2) is 7.60. The molecule has 0 amide bonds. The Morgan fingerprint density at radius 1 is 1.21 bits per heavy atom. The molecule has 0 saturated carbocycles. The number of anilines is 1. The molecular weight excluding hydrogens is 413 g/mol. The van der Waals surface area contributed by atoms with E-state index in [9.17, 15) is 9.50 Å². The lowest BCUT2D eigenvalue weighted by molar-refractivity contribution is -0.0176. The lowest BCUT2D eigenvalue weighted by Crippen LogP contribution is -2.57. The van der Waals surface area contributed by atoms with Gasteiger partial charge >= 0.3 is 0 Å². The SMILES string of the molecule is Cc1cc(-c2nnc(-c3cc(F)c(C4(O)CNC4)cc3Cl)s2)cc(NC(C)C)n1. The molecule has 3 aromatic rings. The van der Waals surface area contributed by atoms with E-state index in [2.05, 4.69) is 25.8 Å². The molecule has 4 rings (SSSR count). The smallest absolute Gasteiger partial charge is 0.149 e. The molecule has 9 heteroatoms. The third-order valence-corrected chi connectivity index (χ3v) is 6.00. The van der Waals surface area contributed by atoms with Gasteiger partial charge in [0.25, 0.3) is 0 Å². The maximum Gasteiger partial charge on any atom is 0.149 e. The highest BCUT2D eigenvalue weighted by atomic mass is 35.5. The normalized spacial score (nSPS) is 15.4. The molecule has 0 spiro atoms. The largest absolute Gasteiger partial charge is 0.382 e. The van der Waals surface area contributed by atoms with Gasteiger partial charge in [0, 0.05) is 41.5 Å². The molecule has 1 aliphatic heterocycles. The third-order valence-electron chi connectivity index (χ3n) is 4.69. The average molecular weight is 434 g/mol. The molecule has 0 unspecified atom stereocenters. The van der Waals surface area contributed by atoms with Crippen molar-refractivity contribution in [2.75, 3.05) is 18.4 Å². The van der Waals surface area contributed by atoms with Gasteiger partial charge < -0.3 is 15.7 Å². The van der Waals surface area contributed by atoms with Crippen LogP contribution in [-0.2, 0) is 5.60 Å². The summed E-state index contributed by atoms with van der Waals surface area (Å²) >= 11 is 7.73. The number of hydrogen-bond donors (Lipinski definition) is 3. The molecule has 0 radical (unpaired) electrons. The molecule has 152 valence electrons. The van der Waals surface area contributed by atoms with E-state index in [1.807, 2.05) is 32.9 Å². The second-order valence-electron chi connectivity index (χ2n) is 7.54. The monoisotopic (exact) mass is 433 g/mol. The summed E-state index contributed by atoms with van der Waals surface area (Å²) in [5, 5.41) is 26.7. The van der Waals surface area contributed by atoms with E-state index in [-0.39, 0.29) is 11.6 Å². The third kappa shape index (κ3) is 3.98. The summed E-state index contributed by atoms with van der Waals surface area (Å²) in [6.45, 7) is 6.61. The van der Waals surface area contributed by atoms with Crippen LogP contribution in [0.3, 0.4) is 0 Å². The first kappa shape index (κ1) is 20.2. The van der Waals surface area contributed by atoms with Crippen molar-refractivity contribution in [2.24, 2.45) is 0 Å². The second-order valence-corrected chi connectivity index (χ2v) is 8.93. The number of nitrogens with zero attached hydrogens (tertiary/aromatic N) is 3. The molecule has 0 bridgehead atoms. The molecule has 1 saturated heterocycles. The number of rotatable bonds is 5. The Morgan fingerprint density at radius 2 is 1.93 bits per heavy atom. The molecular formula is C20H21ClFN5OS. The number of aryl methyl sites for hydroxylation is 1. The molecule has 3 heterocycles. The van der Waals surface area contributed by atoms with E-state index < -0.39 is 11.4 Å². The summed E-state index contributed by atoms with van der Waals surface area (Å²) in [6, 6.07) is 6.90. The minimum Gasteiger partial charge on any atom is -0.382 e. The molecule has 0 atom stereocenters. The maximum absolute atomic E-state index is 14.7. The first-order valence-corrected chi connectivity index (χ1v) is 10.5. The van der Waals surface area contributed by atoms with Gasteiger partial charge in [-0.25, -0.2) is 9.37 Å². The predicted octanol–water partition coefficient (Wildman–Crippen LogP) is 3.98. The number of nitrogens with one attached hydrogen (secondary N) is 2. The van der Waals surface area contributed by atoms with Crippen LogP contribution in [0, 0.1) is 12.7 Å². The number of hydrogen-bond acceptors (Lipinski definition) is 7. The first-order valence-electron chi connectivity index (χ1n) is 9.27. The summed E-state index contributed by atoms with van der Waals surface area (Å²) < 4.78 is 14.7. The van der Waals surface area contributed by atoms with E-state index in [1.54, 1.807) is 0 Å². The van der Waals surface area contributed by atoms with Crippen LogP contribution in [0.15, 0.2) is 24.3 Å². The van der Waals surface area contributed by atoms with Crippen LogP contribution in [-0.4, -0.2) is 39.4 Å². The number of β-amino-alcohol motifs (C(OH)–C–C–N with tert-alkyl or cyclic N) is 1. The van der Waals surface area contributed by atoms with Crippen molar-refractivity contribution < 1.29 is 9.50 Å². The standard InChI is InChI=1S/C20H21ClFN5OS/c1-10(2)24-17-5-12(4-11(3)25-17)18-26-27-19(29-18)13-6-16(22)14(7-15(13)21)20(28)8-23-9-20/h4-7,10,23,28H,8-9H2,1-3H3,(H,24,25). The minimum atomic E-state index is -1.22. The zero-order chi connectivity index (χ0) is 20.8. The molecule has 1 fully saturated rings. The number of pyridine rings is 1. The van der Waals surface area contributed by atoms with Gasteiger partial charge in [0.1, 0.15) is 27.3 Å². The Morgan fingerprint density at radius 3 is 2.59 bits per heavy atom. The van der Waals surface area contributed by atoms with Crippen LogP contribution >= 0.6 is 22.9 Å². The molecule has 3 N–H and O–H groups in total. The Balaban J connectivity index is 1.68. The molecule has 1 aromatic carbocycles. The van der Waals surface area contributed by atoms with E-state index in [0.717, 1.165) is 17.1 Å². The highest BCUT2D eigenvalue weighted by Gasteiger charge is 2.39. The Kier molecular flexibility index (Phi) is 5.29. The van der Waals surface area contributed by atoms with Gasteiger partial charge in [0.05, 0.1) is 5.02 Å². The highest BCUT2D eigenvalue weighted by molar-refractivity contribution is 7.18. The van der Waals surface area contributed by atoms with Gasteiger partial charge in [-0.05, 0) is 45.0 Å². The number of halogens is 2. The lowest BCUT2D eigenvalue weighted by Gasteiger charge is -2.38. The Hall–Kier alpha value is -2.13. The van der Waals surface area contributed by atoms with Gasteiger partial charge in [0.2, 0.25) is 0 Å². The van der Waals surface area contributed by atoms with Crippen LogP contribution in [0.25, 0.3) is 21.1 Å². The molecule has 1 aliphatic rings. The van der Waals surface area contributed by atoms with Crippen LogP contribution < -0.4 is 10.6 Å². The van der Waals surface area contributed by atoms with Crippen molar-refractivity contribution in [3.63, 3.8) is 0 Å². The summed E-state index contributed by atoms with van der Waals surface area (Å²) in [4.78, 5) is 4.48. The zero-order valence-electron chi connectivity index (χ0n) is 16.3. The lowest BCUT2D eigenvalue weighted by atomic mass is 9.87. The van der Waals surface area contributed by atoms with Gasteiger partial charge in [-0.3, -0.25) is 0 Å². The van der Waals surface area contributed by atoms with Crippen LogP contribution in [0.1, 0.15) is 25.1 Å². The van der Waals surface area contributed by atoms with Crippen LogP contribution in [0.4, 0.5) is 10.2 Å². The number of aromatic nitrogens is 3. The molecule has 2 aromatic heterocycles. The first-order chi connectivity index (χ1) is 13.7. The molecule has 6 nitrogen and oxygen atoms in total. The molecule has 29 heavy (non-hydrogen) atoms. The van der Waals surface area contributed by atoms with E-state index >= 15 is 0 Å². The van der Waals surface area contributed by atoms with E-state index in [4.69, 9.17) is 11.6 Å². The summed E-state index contributed by atoms with van der Waals surface area (Å²) in [5.41, 5.74) is 1.18. The van der Waals surface area contributed by atoms with Crippen molar-refractivity contribution in [1.29, 1.82) is 0 Å². The summed E-state index contributed by atoms with van der Waals surface area (Å²) in [5.74, 6) is 0.260. The number of benzene rings is 1. The van der Waals surface area contributed by atoms with E-state index in [0.29, 0.717) is 33.7 Å². The Bertz CT molecular complexity index is 1070. The average Bonchev–Trinajstić information content (AvgIpc) is 3.10. The fraction of sp³-hybridized carbons (Fsp3) is 0.350. The van der Waals surface area contributed by atoms with Gasteiger partial charge in [-0.15, -0.1) is 10.2 Å². The fourth-order valence-electron chi connectivity index (χ4n) is 3.23. The van der Waals surface area contributed by atoms with Gasteiger partial charge in [0.15, 0.2) is 0 Å². The van der Waals surface area contributed by atoms with Crippen molar-refractivity contribution in [3.8, 4) is 21.1 Å². The van der Waals surface area contributed by atoms with Crippen molar-refractivity contribution in [1.82, 2.24) is 20.5 Å². The highest BCUT2D eigenvalue weighted by Crippen LogP contribution is 2.38. The van der Waals surface area contributed by atoms with Gasteiger partial charge in [-0.2, -0.15) is 0 Å². The summed E-state index contributed by atoms with van der Waals surface area (Å²) in [7, 11) is 0. The molecule has 0 aliphatic carbocycles. The van der Waals surface area contributed by atoms with Crippen molar-refractivity contribution in [3.05, 3.63) is 46.4 Å². The van der Waals surface area contributed by atoms with Crippen molar-refractivity contribution >= 4 is 28.8 Å². The fourth-order valence-corrected chi connectivity index (χ4v) is 4.40. The summed E-state index contributed by atoms with van der Waals surface area (Å²) in [6.07, 6.45) is 0. The number of aliphatic hydroxyl groups is 1. The quantitative estimate of drug-likeness (QED) is 0.564. The zero-order valence-corrected chi connectivity index (χ0v) is 17.8. The minimum absolute atomic E-state index is 0.198. The Labute approximate surface area is 177 Å². The van der Waals surface area contributed by atoms with Crippen LogP contribution in [0.2, 0.25) is 5.02 Å². The van der Waals surface area contributed by atoms with Crippen molar-refractivity contribution in [2.45, 2.75) is 32.4 Å². The van der Waals surface area contributed by atoms with Crippen LogP contribution in [0.5, 0.6) is 0 Å². The predicted molar refractivity (Wildman–Crippen MR) is 114 cm³/mol. The maximum atomic E-state index is 14.7. The van der Waals surface area contributed by atoms with Gasteiger partial charge in [-0.1, -0.05) is 22.9 Å². The topological polar surface area (TPSA) is 83.0 Å². The van der Waals surface area contributed by atoms with E-state index in [1.165, 1.54) is 23.5 Å².